The molecular weight excluding hydrogens is 295 g/mol. The minimum Gasteiger partial charge on any atom is -0.313 e. The number of likely N-dealkylation sites (tertiary alicyclic amines) is 1. The van der Waals surface area contributed by atoms with Gasteiger partial charge < -0.3 is 10.2 Å². The zero-order valence-corrected chi connectivity index (χ0v) is 12.2. The molecule has 0 atom stereocenters. The molecule has 2 rings (SSSR count). The third-order valence-corrected chi connectivity index (χ3v) is 3.95. The third kappa shape index (κ3) is 4.34. The largest absolute Gasteiger partial charge is 0.313 e. The molecule has 0 radical (unpaired) electrons. The molecule has 0 spiro atoms. The number of halogens is 2. The van der Waals surface area contributed by atoms with Crippen molar-refractivity contribution in [2.24, 2.45) is 0 Å². The zero-order chi connectivity index (χ0) is 12.8. The summed E-state index contributed by atoms with van der Waals surface area (Å²) in [6, 6.07) is 5.17. The van der Waals surface area contributed by atoms with Crippen molar-refractivity contribution in [3.63, 3.8) is 0 Å². The summed E-state index contributed by atoms with van der Waals surface area (Å²) in [4.78, 5) is 2.52. The van der Waals surface area contributed by atoms with E-state index in [4.69, 9.17) is 0 Å². The minimum atomic E-state index is -0.201. The normalized spacial score (nSPS) is 16.3. The average molecular weight is 315 g/mol. The van der Waals surface area contributed by atoms with E-state index in [1.165, 1.54) is 45.0 Å². The van der Waals surface area contributed by atoms with E-state index in [9.17, 15) is 4.39 Å². The molecule has 1 fully saturated rings. The van der Waals surface area contributed by atoms with Crippen molar-refractivity contribution in [2.75, 3.05) is 26.2 Å². The van der Waals surface area contributed by atoms with E-state index in [0.717, 1.165) is 18.7 Å². The quantitative estimate of drug-likeness (QED) is 0.811. The molecule has 0 aliphatic carbocycles. The molecule has 0 saturated carbocycles. The van der Waals surface area contributed by atoms with Gasteiger partial charge in [0, 0.05) is 6.54 Å². The van der Waals surface area contributed by atoms with E-state index in [2.05, 4.69) is 26.1 Å². The van der Waals surface area contributed by atoms with Crippen LogP contribution in [0.25, 0.3) is 0 Å². The van der Waals surface area contributed by atoms with Crippen LogP contribution in [0.5, 0.6) is 0 Å². The van der Waals surface area contributed by atoms with Crippen molar-refractivity contribution in [3.05, 3.63) is 34.1 Å². The Morgan fingerprint density at radius 2 is 2.06 bits per heavy atom. The highest BCUT2D eigenvalue weighted by Crippen LogP contribution is 2.16. The summed E-state index contributed by atoms with van der Waals surface area (Å²) in [5, 5.41) is 3.40. The molecule has 1 saturated heterocycles. The topological polar surface area (TPSA) is 15.3 Å². The van der Waals surface area contributed by atoms with Gasteiger partial charge in [-0.3, -0.25) is 0 Å². The van der Waals surface area contributed by atoms with Gasteiger partial charge in [-0.05, 0) is 79.1 Å². The standard InChI is InChI=1S/C14H20BrFN2/c15-13-10-12(4-5-14(13)16)11-17-6-3-9-18-7-1-2-8-18/h4-5,10,17H,1-3,6-9,11H2. The van der Waals surface area contributed by atoms with Crippen molar-refractivity contribution < 1.29 is 4.39 Å². The lowest BCUT2D eigenvalue weighted by atomic mass is 10.2. The van der Waals surface area contributed by atoms with E-state index in [0.29, 0.717) is 4.47 Å². The zero-order valence-electron chi connectivity index (χ0n) is 10.6. The van der Waals surface area contributed by atoms with Gasteiger partial charge in [0.25, 0.3) is 0 Å². The summed E-state index contributed by atoms with van der Waals surface area (Å²) in [6.45, 7) is 5.56. The van der Waals surface area contributed by atoms with Gasteiger partial charge in [-0.2, -0.15) is 0 Å². The monoisotopic (exact) mass is 314 g/mol. The Bertz CT molecular complexity index is 378. The summed E-state index contributed by atoms with van der Waals surface area (Å²) in [7, 11) is 0. The molecule has 1 aliphatic rings. The molecule has 1 aromatic carbocycles. The highest BCUT2D eigenvalue weighted by Gasteiger charge is 2.09. The second-order valence-electron chi connectivity index (χ2n) is 4.83. The van der Waals surface area contributed by atoms with Crippen LogP contribution in [0.15, 0.2) is 22.7 Å². The van der Waals surface area contributed by atoms with Crippen LogP contribution in [-0.4, -0.2) is 31.1 Å². The van der Waals surface area contributed by atoms with E-state index in [-0.39, 0.29) is 5.82 Å². The fraction of sp³-hybridized carbons (Fsp3) is 0.571. The molecule has 1 aromatic rings. The Morgan fingerprint density at radius 3 is 2.78 bits per heavy atom. The molecule has 2 nitrogen and oxygen atoms in total. The van der Waals surface area contributed by atoms with Crippen LogP contribution in [0.2, 0.25) is 0 Å². The lowest BCUT2D eigenvalue weighted by Gasteiger charge is -2.14. The molecule has 4 heteroatoms. The van der Waals surface area contributed by atoms with Gasteiger partial charge in [0.2, 0.25) is 0 Å². The predicted molar refractivity (Wildman–Crippen MR) is 76.1 cm³/mol. The summed E-state index contributed by atoms with van der Waals surface area (Å²) in [6.07, 6.45) is 3.90. The van der Waals surface area contributed by atoms with Crippen molar-refractivity contribution >= 4 is 15.9 Å². The van der Waals surface area contributed by atoms with Crippen molar-refractivity contribution in [2.45, 2.75) is 25.8 Å². The SMILES string of the molecule is Fc1ccc(CNCCCN2CCCC2)cc1Br. The lowest BCUT2D eigenvalue weighted by Crippen LogP contribution is -2.24. The van der Waals surface area contributed by atoms with E-state index < -0.39 is 0 Å². The molecule has 0 aromatic heterocycles. The molecule has 100 valence electrons. The van der Waals surface area contributed by atoms with Gasteiger partial charge in [-0.1, -0.05) is 6.07 Å². The smallest absolute Gasteiger partial charge is 0.137 e. The van der Waals surface area contributed by atoms with Crippen LogP contribution in [0.3, 0.4) is 0 Å². The van der Waals surface area contributed by atoms with Crippen LogP contribution in [-0.2, 0) is 6.54 Å². The Labute approximate surface area is 117 Å². The first-order valence-corrected chi connectivity index (χ1v) is 7.42. The fourth-order valence-corrected chi connectivity index (χ4v) is 2.74. The van der Waals surface area contributed by atoms with Gasteiger partial charge in [-0.15, -0.1) is 0 Å². The first kappa shape index (κ1) is 14.0. The Kier molecular flexibility index (Phi) is 5.60. The number of hydrogen-bond donors (Lipinski definition) is 1. The second-order valence-corrected chi connectivity index (χ2v) is 5.68. The van der Waals surface area contributed by atoms with Crippen molar-refractivity contribution in [1.29, 1.82) is 0 Å². The van der Waals surface area contributed by atoms with Gasteiger partial charge in [0.1, 0.15) is 5.82 Å². The molecular formula is C14H20BrFN2. The molecule has 18 heavy (non-hydrogen) atoms. The first-order chi connectivity index (χ1) is 8.75. The summed E-state index contributed by atoms with van der Waals surface area (Å²) in [5.74, 6) is -0.201. The third-order valence-electron chi connectivity index (χ3n) is 3.34. The van der Waals surface area contributed by atoms with Crippen molar-refractivity contribution in [3.8, 4) is 0 Å². The van der Waals surface area contributed by atoms with Gasteiger partial charge >= 0.3 is 0 Å². The molecule has 0 unspecified atom stereocenters. The van der Waals surface area contributed by atoms with Crippen molar-refractivity contribution in [1.82, 2.24) is 10.2 Å². The van der Waals surface area contributed by atoms with E-state index in [1.807, 2.05) is 12.1 Å². The Hall–Kier alpha value is -0.450. The predicted octanol–water partition coefficient (Wildman–Crippen LogP) is 3.16. The molecule has 1 N–H and O–H groups in total. The van der Waals surface area contributed by atoms with Gasteiger partial charge in [0.15, 0.2) is 0 Å². The Morgan fingerprint density at radius 1 is 1.28 bits per heavy atom. The van der Waals surface area contributed by atoms with Crippen LogP contribution in [0, 0.1) is 5.82 Å². The number of hydrogen-bond acceptors (Lipinski definition) is 2. The van der Waals surface area contributed by atoms with Gasteiger partial charge in [-0.25, -0.2) is 4.39 Å². The molecule has 0 amide bonds. The summed E-state index contributed by atoms with van der Waals surface area (Å²) in [5.41, 5.74) is 1.12. The maximum absolute atomic E-state index is 13.0. The number of nitrogens with zero attached hydrogens (tertiary/aromatic N) is 1. The average Bonchev–Trinajstić information content (AvgIpc) is 2.86. The highest BCUT2D eigenvalue weighted by atomic mass is 79.9. The molecule has 1 aliphatic heterocycles. The summed E-state index contributed by atoms with van der Waals surface area (Å²) < 4.78 is 13.6. The summed E-state index contributed by atoms with van der Waals surface area (Å²) >= 11 is 3.20. The maximum atomic E-state index is 13.0. The second kappa shape index (κ2) is 7.22. The molecule has 1 heterocycles. The highest BCUT2D eigenvalue weighted by molar-refractivity contribution is 9.10. The number of nitrogens with one attached hydrogen (secondary N) is 1. The Balaban J connectivity index is 1.61. The minimum absolute atomic E-state index is 0.201. The van der Waals surface area contributed by atoms with E-state index >= 15 is 0 Å². The molecule has 0 bridgehead atoms. The lowest BCUT2D eigenvalue weighted by molar-refractivity contribution is 0.331. The van der Waals surface area contributed by atoms with E-state index in [1.54, 1.807) is 0 Å². The number of benzene rings is 1. The maximum Gasteiger partial charge on any atom is 0.137 e. The van der Waals surface area contributed by atoms with Gasteiger partial charge in [0.05, 0.1) is 4.47 Å². The van der Waals surface area contributed by atoms with Crippen LogP contribution < -0.4 is 5.32 Å². The van der Waals surface area contributed by atoms with Crippen LogP contribution >= 0.6 is 15.9 Å². The van der Waals surface area contributed by atoms with Crippen LogP contribution in [0.4, 0.5) is 4.39 Å². The first-order valence-electron chi connectivity index (χ1n) is 6.63. The number of rotatable bonds is 6. The fourth-order valence-electron chi connectivity index (χ4n) is 2.32. The van der Waals surface area contributed by atoms with Crippen LogP contribution in [0.1, 0.15) is 24.8 Å².